The van der Waals surface area contributed by atoms with Gasteiger partial charge in [-0.1, -0.05) is 38.1 Å². The molecule has 0 radical (unpaired) electrons. The van der Waals surface area contributed by atoms with Gasteiger partial charge in [0.05, 0.1) is 5.69 Å². The van der Waals surface area contributed by atoms with E-state index in [1.807, 2.05) is 18.2 Å². The zero-order valence-electron chi connectivity index (χ0n) is 14.1. The molecule has 1 aromatic carbocycles. The van der Waals surface area contributed by atoms with E-state index >= 15 is 0 Å². The highest BCUT2D eigenvalue weighted by atomic mass is 16.3. The minimum Gasteiger partial charge on any atom is -0.362 e. The summed E-state index contributed by atoms with van der Waals surface area (Å²) in [6, 6.07) is 12.6. The van der Waals surface area contributed by atoms with Crippen molar-refractivity contribution in [1.82, 2.24) is 14.8 Å². The van der Waals surface area contributed by atoms with Crippen LogP contribution in [0.25, 0.3) is 0 Å². The van der Waals surface area contributed by atoms with Gasteiger partial charge in [0, 0.05) is 30.4 Å². The van der Waals surface area contributed by atoms with E-state index < -0.39 is 5.72 Å². The molecule has 1 amide bonds. The molecule has 1 N–H and O–H groups in total. The molecule has 0 saturated carbocycles. The number of benzene rings is 1. The molecule has 1 aromatic heterocycles. The van der Waals surface area contributed by atoms with Gasteiger partial charge in [0.2, 0.25) is 5.72 Å². The minimum absolute atomic E-state index is 0.147. The highest BCUT2D eigenvalue weighted by Gasteiger charge is 2.50. The van der Waals surface area contributed by atoms with Crippen molar-refractivity contribution in [2.75, 3.05) is 26.2 Å². The Morgan fingerprint density at radius 1 is 1.12 bits per heavy atom. The maximum absolute atomic E-state index is 12.9. The van der Waals surface area contributed by atoms with Gasteiger partial charge in [0.25, 0.3) is 5.91 Å². The Balaban J connectivity index is 2.02. The van der Waals surface area contributed by atoms with Crippen molar-refractivity contribution >= 4 is 5.91 Å². The molecule has 24 heavy (non-hydrogen) atoms. The van der Waals surface area contributed by atoms with Crippen molar-refractivity contribution in [1.29, 1.82) is 0 Å². The number of rotatable bonds is 6. The molecule has 0 saturated heterocycles. The maximum Gasteiger partial charge on any atom is 0.257 e. The van der Waals surface area contributed by atoms with Crippen LogP contribution in [0, 0.1) is 0 Å². The van der Waals surface area contributed by atoms with Crippen LogP contribution in [0.3, 0.4) is 0 Å². The largest absolute Gasteiger partial charge is 0.362 e. The molecule has 0 bridgehead atoms. The van der Waals surface area contributed by atoms with E-state index in [9.17, 15) is 9.90 Å². The van der Waals surface area contributed by atoms with Crippen LogP contribution < -0.4 is 0 Å². The Bertz CT molecular complexity index is 716. The van der Waals surface area contributed by atoms with E-state index in [1.54, 1.807) is 35.4 Å². The summed E-state index contributed by atoms with van der Waals surface area (Å²) in [4.78, 5) is 21.0. The number of pyridine rings is 1. The van der Waals surface area contributed by atoms with Gasteiger partial charge in [-0.3, -0.25) is 14.7 Å². The van der Waals surface area contributed by atoms with Crippen molar-refractivity contribution < 1.29 is 9.90 Å². The van der Waals surface area contributed by atoms with Gasteiger partial charge in [-0.05, 0) is 31.3 Å². The average Bonchev–Trinajstić information content (AvgIpc) is 2.86. The first-order chi connectivity index (χ1) is 11.6. The molecule has 1 unspecified atom stereocenters. The molecule has 0 spiro atoms. The van der Waals surface area contributed by atoms with Crippen LogP contribution in [-0.2, 0) is 5.72 Å². The summed E-state index contributed by atoms with van der Waals surface area (Å²) < 4.78 is 0. The molecule has 1 aliphatic rings. The lowest BCUT2D eigenvalue weighted by molar-refractivity contribution is -0.0555. The normalized spacial score (nSPS) is 19.8. The molecule has 1 aliphatic heterocycles. The highest BCUT2D eigenvalue weighted by Crippen LogP contribution is 2.40. The smallest absolute Gasteiger partial charge is 0.257 e. The first kappa shape index (κ1) is 16.6. The molecule has 0 fully saturated rings. The fourth-order valence-corrected chi connectivity index (χ4v) is 3.30. The molecule has 0 aliphatic carbocycles. The third kappa shape index (κ3) is 2.60. The number of nitrogens with zero attached hydrogens (tertiary/aromatic N) is 3. The zero-order valence-corrected chi connectivity index (χ0v) is 14.1. The standard InChI is InChI=1S/C19H23N3O2/c1-3-21(4-2)13-14-22-18(23)15-9-5-6-10-16(15)19(22,24)17-11-7-8-12-20-17/h5-12,24H,3-4,13-14H2,1-2H3. The van der Waals surface area contributed by atoms with Crippen molar-refractivity contribution in [2.24, 2.45) is 0 Å². The topological polar surface area (TPSA) is 56.7 Å². The second-order valence-electron chi connectivity index (χ2n) is 5.92. The van der Waals surface area contributed by atoms with Gasteiger partial charge < -0.3 is 10.0 Å². The van der Waals surface area contributed by atoms with E-state index in [0.29, 0.717) is 29.9 Å². The quantitative estimate of drug-likeness (QED) is 0.883. The van der Waals surface area contributed by atoms with Crippen LogP contribution in [0.2, 0.25) is 0 Å². The number of likely N-dealkylation sites (N-methyl/N-ethyl adjacent to an activating group) is 1. The molecule has 1 atom stereocenters. The zero-order chi connectivity index (χ0) is 17.2. The molecule has 5 heteroatoms. The summed E-state index contributed by atoms with van der Waals surface area (Å²) in [5.41, 5.74) is 0.114. The van der Waals surface area contributed by atoms with Crippen LogP contribution in [0.15, 0.2) is 48.7 Å². The molecule has 2 heterocycles. The Kier molecular flexibility index (Phi) is 4.64. The van der Waals surface area contributed by atoms with Gasteiger partial charge in [0.1, 0.15) is 0 Å². The number of fused-ring (bicyclic) bond motifs is 1. The monoisotopic (exact) mass is 325 g/mol. The van der Waals surface area contributed by atoms with Crippen LogP contribution >= 0.6 is 0 Å². The van der Waals surface area contributed by atoms with Crippen molar-refractivity contribution in [2.45, 2.75) is 19.6 Å². The number of hydrogen-bond acceptors (Lipinski definition) is 4. The van der Waals surface area contributed by atoms with Crippen molar-refractivity contribution in [3.05, 3.63) is 65.5 Å². The average molecular weight is 325 g/mol. The van der Waals surface area contributed by atoms with E-state index in [2.05, 4.69) is 23.7 Å². The van der Waals surface area contributed by atoms with Crippen molar-refractivity contribution in [3.8, 4) is 0 Å². The second kappa shape index (κ2) is 6.71. The lowest BCUT2D eigenvalue weighted by Gasteiger charge is -2.35. The molecule has 126 valence electrons. The second-order valence-corrected chi connectivity index (χ2v) is 5.92. The predicted molar refractivity (Wildman–Crippen MR) is 92.5 cm³/mol. The van der Waals surface area contributed by atoms with E-state index in [-0.39, 0.29) is 5.91 Å². The first-order valence-corrected chi connectivity index (χ1v) is 8.40. The minimum atomic E-state index is -1.51. The van der Waals surface area contributed by atoms with Crippen LogP contribution in [0.4, 0.5) is 0 Å². The number of aliphatic hydroxyl groups is 1. The lowest BCUT2D eigenvalue weighted by atomic mass is 9.97. The summed E-state index contributed by atoms with van der Waals surface area (Å²) in [5, 5.41) is 11.5. The first-order valence-electron chi connectivity index (χ1n) is 8.40. The number of aromatic nitrogens is 1. The van der Waals surface area contributed by atoms with Crippen LogP contribution in [0.5, 0.6) is 0 Å². The van der Waals surface area contributed by atoms with Gasteiger partial charge >= 0.3 is 0 Å². The fraction of sp³-hybridized carbons (Fsp3) is 0.368. The Labute approximate surface area is 142 Å². The summed E-state index contributed by atoms with van der Waals surface area (Å²) in [6.45, 7) is 7.16. The number of hydrogen-bond donors (Lipinski definition) is 1. The molecule has 2 aromatic rings. The molecule has 3 rings (SSSR count). The Morgan fingerprint density at radius 2 is 1.83 bits per heavy atom. The molecular weight excluding hydrogens is 302 g/mol. The molecular formula is C19H23N3O2. The van der Waals surface area contributed by atoms with Gasteiger partial charge in [-0.2, -0.15) is 0 Å². The summed E-state index contributed by atoms with van der Waals surface area (Å²) >= 11 is 0. The van der Waals surface area contributed by atoms with Gasteiger partial charge in [-0.25, -0.2) is 0 Å². The third-order valence-corrected chi connectivity index (χ3v) is 4.73. The summed E-state index contributed by atoms with van der Waals surface area (Å²) in [6.07, 6.45) is 1.64. The predicted octanol–water partition coefficient (Wildman–Crippen LogP) is 2.07. The van der Waals surface area contributed by atoms with E-state index in [1.165, 1.54) is 0 Å². The third-order valence-electron chi connectivity index (χ3n) is 4.73. The number of carbonyl (C=O) groups excluding carboxylic acids is 1. The van der Waals surface area contributed by atoms with Crippen molar-refractivity contribution in [3.63, 3.8) is 0 Å². The summed E-state index contributed by atoms with van der Waals surface area (Å²) in [7, 11) is 0. The fourth-order valence-electron chi connectivity index (χ4n) is 3.30. The Morgan fingerprint density at radius 3 is 2.50 bits per heavy atom. The van der Waals surface area contributed by atoms with Crippen LogP contribution in [-0.4, -0.2) is 52.0 Å². The van der Waals surface area contributed by atoms with Gasteiger partial charge in [0.15, 0.2) is 0 Å². The van der Waals surface area contributed by atoms with Gasteiger partial charge in [-0.15, -0.1) is 0 Å². The SMILES string of the molecule is CCN(CC)CCN1C(=O)c2ccccc2C1(O)c1ccccn1. The van der Waals surface area contributed by atoms with E-state index in [4.69, 9.17) is 0 Å². The number of carbonyl (C=O) groups is 1. The maximum atomic E-state index is 12.9. The molecule has 5 nitrogen and oxygen atoms in total. The number of amides is 1. The summed E-state index contributed by atoms with van der Waals surface area (Å²) in [5.74, 6) is -0.147. The van der Waals surface area contributed by atoms with Crippen LogP contribution in [0.1, 0.15) is 35.5 Å². The highest BCUT2D eigenvalue weighted by molar-refractivity contribution is 6.00. The Hall–Kier alpha value is -2.24. The lowest BCUT2D eigenvalue weighted by Crippen LogP contribution is -2.48. The van der Waals surface area contributed by atoms with E-state index in [0.717, 1.165) is 13.1 Å².